The van der Waals surface area contributed by atoms with Gasteiger partial charge in [0.15, 0.2) is 11.9 Å². The third kappa shape index (κ3) is 71.3. The molecule has 145 valence electrons. The Labute approximate surface area is 164 Å². The molecule has 0 aliphatic heterocycles. The molecule has 1 radical (unpaired) electrons. The Bertz CT molecular complexity index is 216. The normalized spacial score (nSPS) is 7.75. The Balaban J connectivity index is -0.0000000339. The van der Waals surface area contributed by atoms with E-state index < -0.39 is 0 Å². The summed E-state index contributed by atoms with van der Waals surface area (Å²) in [5.74, 6) is 0.665. The molecule has 0 bridgehead atoms. The summed E-state index contributed by atoms with van der Waals surface area (Å²) in [6.07, 6.45) is 1.93. The van der Waals surface area contributed by atoms with Crippen molar-refractivity contribution in [3.8, 4) is 0 Å². The minimum absolute atomic E-state index is 0. The quantitative estimate of drug-likeness (QED) is 0.381. The zero-order valence-electron chi connectivity index (χ0n) is 14.5. The summed E-state index contributed by atoms with van der Waals surface area (Å²) in [7, 11) is 0. The maximum Gasteiger partial charge on any atom is 0.195 e. The van der Waals surface area contributed by atoms with Crippen LogP contribution in [0.15, 0.2) is 62.6 Å². The van der Waals surface area contributed by atoms with Gasteiger partial charge in [-0.3, -0.25) is 15.3 Å². The van der Waals surface area contributed by atoms with E-state index in [4.69, 9.17) is 11.5 Å². The standard InChI is InChI=1S/C8H19N5.4C2H4.2CH4.V/c1-3-5-11-7(9)13-8(10)12-6-4-2;4*1-2;;;/h3-6H2,1-2H3,(H5,9,10,11,12,13);4*1-2H2;2*1H4;. The summed E-state index contributed by atoms with van der Waals surface area (Å²) in [6.45, 7) is 29.5. The van der Waals surface area contributed by atoms with E-state index in [2.05, 4.69) is 67.9 Å². The van der Waals surface area contributed by atoms with Crippen LogP contribution in [0, 0.1) is 0 Å². The fourth-order valence-electron chi connectivity index (χ4n) is 0.675. The number of nitrogens with two attached hydrogens (primary N) is 2. The molecule has 5 N–H and O–H groups in total. The molecule has 0 aromatic carbocycles. The minimum atomic E-state index is 0. The average molecular weight is 381 g/mol. The molecule has 0 unspecified atom stereocenters. The van der Waals surface area contributed by atoms with Gasteiger partial charge in [0.2, 0.25) is 0 Å². The number of nitrogens with zero attached hydrogens (tertiary/aromatic N) is 2. The predicted molar refractivity (Wildman–Crippen MR) is 115 cm³/mol. The topological polar surface area (TPSA) is 88.8 Å². The average Bonchev–Trinajstić information content (AvgIpc) is 2.58. The molecule has 0 fully saturated rings. The fourth-order valence-corrected chi connectivity index (χ4v) is 0.675. The second kappa shape index (κ2) is 68.8. The summed E-state index contributed by atoms with van der Waals surface area (Å²) < 4.78 is 0. The van der Waals surface area contributed by atoms with Crippen molar-refractivity contribution in [2.75, 3.05) is 13.1 Å². The summed E-state index contributed by atoms with van der Waals surface area (Å²) in [4.78, 5) is 8.03. The van der Waals surface area contributed by atoms with Gasteiger partial charge < -0.3 is 11.5 Å². The van der Waals surface area contributed by atoms with Crippen LogP contribution in [0.2, 0.25) is 0 Å². The number of hydrogen-bond acceptors (Lipinski definition) is 2. The van der Waals surface area contributed by atoms with Crippen molar-refractivity contribution >= 4 is 11.9 Å². The predicted octanol–water partition coefficient (Wildman–Crippen LogP) is 4.50. The van der Waals surface area contributed by atoms with Gasteiger partial charge in [0.05, 0.1) is 0 Å². The Hall–Kier alpha value is -1.72. The van der Waals surface area contributed by atoms with E-state index in [-0.39, 0.29) is 33.4 Å². The maximum atomic E-state index is 5.51. The first-order valence-electron chi connectivity index (χ1n) is 6.57. The summed E-state index contributed by atoms with van der Waals surface area (Å²) in [6, 6.07) is 0. The Morgan fingerprint density at radius 3 is 1.08 bits per heavy atom. The third-order valence-corrected chi connectivity index (χ3v) is 1.27. The van der Waals surface area contributed by atoms with Crippen LogP contribution in [0.5, 0.6) is 0 Å². The Morgan fingerprint density at radius 2 is 0.917 bits per heavy atom. The largest absolute Gasteiger partial charge is 0.370 e. The molecule has 0 atom stereocenters. The number of guanidine groups is 2. The van der Waals surface area contributed by atoms with E-state index in [0.717, 1.165) is 12.8 Å². The van der Waals surface area contributed by atoms with Crippen LogP contribution in [-0.2, 0) is 18.6 Å². The van der Waals surface area contributed by atoms with Gasteiger partial charge in [0.1, 0.15) is 0 Å². The van der Waals surface area contributed by atoms with E-state index in [1.807, 2.05) is 13.8 Å². The van der Waals surface area contributed by atoms with Crippen LogP contribution in [0.25, 0.3) is 0 Å². The van der Waals surface area contributed by atoms with Crippen molar-refractivity contribution in [2.45, 2.75) is 41.5 Å². The molecule has 0 aliphatic rings. The number of rotatable bonds is 4. The van der Waals surface area contributed by atoms with Gasteiger partial charge in [-0.05, 0) is 12.8 Å². The second-order valence-corrected chi connectivity index (χ2v) is 2.66. The molecule has 0 saturated heterocycles. The molecular formula is C18H43N5V. The monoisotopic (exact) mass is 380 g/mol. The zero-order chi connectivity index (χ0) is 18.1. The third-order valence-electron chi connectivity index (χ3n) is 1.27. The molecule has 0 aromatic heterocycles. The first-order chi connectivity index (χ1) is 10.2. The van der Waals surface area contributed by atoms with Gasteiger partial charge >= 0.3 is 0 Å². The van der Waals surface area contributed by atoms with Gasteiger partial charge in [-0.1, -0.05) is 28.7 Å². The zero-order valence-corrected chi connectivity index (χ0v) is 15.9. The van der Waals surface area contributed by atoms with Gasteiger partial charge in [0, 0.05) is 31.6 Å². The molecule has 0 amide bonds. The number of nitrogens with one attached hydrogen (secondary N) is 1. The summed E-state index contributed by atoms with van der Waals surface area (Å²) in [5.41, 5.74) is 11.0. The molecule has 0 aliphatic carbocycles. The van der Waals surface area contributed by atoms with Crippen LogP contribution in [0.1, 0.15) is 41.5 Å². The van der Waals surface area contributed by atoms with Crippen molar-refractivity contribution in [1.29, 1.82) is 0 Å². The number of hydrogen-bond donors (Lipinski definition) is 3. The van der Waals surface area contributed by atoms with Crippen molar-refractivity contribution < 1.29 is 18.6 Å². The number of aliphatic imine (C=N–C) groups is 2. The molecule has 0 rings (SSSR count). The molecule has 0 aromatic rings. The first-order valence-corrected chi connectivity index (χ1v) is 6.57. The van der Waals surface area contributed by atoms with Crippen molar-refractivity contribution in [3.63, 3.8) is 0 Å². The molecule has 24 heavy (non-hydrogen) atoms. The second-order valence-electron chi connectivity index (χ2n) is 2.66. The maximum absolute atomic E-state index is 5.51. The van der Waals surface area contributed by atoms with E-state index in [1.165, 1.54) is 0 Å². The van der Waals surface area contributed by atoms with Crippen LogP contribution < -0.4 is 16.8 Å². The van der Waals surface area contributed by atoms with Crippen LogP contribution in [0.3, 0.4) is 0 Å². The van der Waals surface area contributed by atoms with Crippen molar-refractivity contribution in [3.05, 3.63) is 52.6 Å². The fraction of sp³-hybridized carbons (Fsp3) is 0.444. The van der Waals surface area contributed by atoms with Gasteiger partial charge in [-0.15, -0.1) is 52.6 Å². The molecule has 5 nitrogen and oxygen atoms in total. The van der Waals surface area contributed by atoms with Gasteiger partial charge in [0.25, 0.3) is 0 Å². The summed E-state index contributed by atoms with van der Waals surface area (Å²) in [5, 5.41) is 2.70. The van der Waals surface area contributed by atoms with Gasteiger partial charge in [-0.25, -0.2) is 0 Å². The molecular weight excluding hydrogens is 337 g/mol. The van der Waals surface area contributed by atoms with Crippen LogP contribution >= 0.6 is 0 Å². The van der Waals surface area contributed by atoms with Gasteiger partial charge in [-0.2, -0.15) is 0 Å². The van der Waals surface area contributed by atoms with E-state index in [0.29, 0.717) is 25.0 Å². The SMILES string of the molecule is C.C.C=C.C=C.C=C.C=C.CCCN=C(N)NC(N)=NCCC.[V]. The molecule has 6 heteroatoms. The minimum Gasteiger partial charge on any atom is -0.370 e. The van der Waals surface area contributed by atoms with Crippen LogP contribution in [-0.4, -0.2) is 25.0 Å². The van der Waals surface area contributed by atoms with E-state index in [9.17, 15) is 0 Å². The van der Waals surface area contributed by atoms with Crippen molar-refractivity contribution in [2.24, 2.45) is 21.5 Å². The molecule has 0 spiro atoms. The van der Waals surface area contributed by atoms with E-state index >= 15 is 0 Å². The molecule has 0 heterocycles. The smallest absolute Gasteiger partial charge is 0.195 e. The molecule has 0 saturated carbocycles. The van der Waals surface area contributed by atoms with Crippen LogP contribution in [0.4, 0.5) is 0 Å². The van der Waals surface area contributed by atoms with E-state index in [1.54, 1.807) is 0 Å². The van der Waals surface area contributed by atoms with Crippen molar-refractivity contribution in [1.82, 2.24) is 5.32 Å². The Morgan fingerprint density at radius 1 is 0.708 bits per heavy atom. The first kappa shape index (κ1) is 49.5. The summed E-state index contributed by atoms with van der Waals surface area (Å²) >= 11 is 0. The Kier molecular flexibility index (Phi) is 142.